The van der Waals surface area contributed by atoms with Crippen LogP contribution in [-0.2, 0) is 16.0 Å². The number of rotatable bonds is 8. The maximum atomic E-state index is 11.7. The molecule has 112 valence electrons. The van der Waals surface area contributed by atoms with E-state index in [9.17, 15) is 9.59 Å². The van der Waals surface area contributed by atoms with Gasteiger partial charge in [0.2, 0.25) is 11.8 Å². The van der Waals surface area contributed by atoms with Crippen molar-refractivity contribution in [2.75, 3.05) is 0 Å². The Labute approximate surface area is 117 Å². The van der Waals surface area contributed by atoms with Gasteiger partial charge >= 0.3 is 5.97 Å². The molecule has 7 nitrogen and oxygen atoms in total. The third kappa shape index (κ3) is 5.81. The van der Waals surface area contributed by atoms with Crippen LogP contribution in [0.5, 0.6) is 0 Å². The molecule has 1 amide bonds. The maximum Gasteiger partial charge on any atom is 0.326 e. The van der Waals surface area contributed by atoms with Crippen LogP contribution < -0.4 is 5.32 Å². The highest BCUT2D eigenvalue weighted by atomic mass is 16.5. The molecule has 0 spiro atoms. The van der Waals surface area contributed by atoms with Crippen LogP contribution in [-0.4, -0.2) is 33.2 Å². The molecule has 0 radical (unpaired) electrons. The first-order valence-corrected chi connectivity index (χ1v) is 6.70. The van der Waals surface area contributed by atoms with E-state index in [4.69, 9.17) is 9.63 Å². The summed E-state index contributed by atoms with van der Waals surface area (Å²) in [7, 11) is 0. The molecule has 0 bridgehead atoms. The molecule has 7 heteroatoms. The quantitative estimate of drug-likeness (QED) is 0.745. The molecular weight excluding hydrogens is 262 g/mol. The minimum Gasteiger partial charge on any atom is -0.480 e. The Morgan fingerprint density at radius 3 is 2.60 bits per heavy atom. The Morgan fingerprint density at radius 2 is 2.10 bits per heavy atom. The summed E-state index contributed by atoms with van der Waals surface area (Å²) in [5.41, 5.74) is 0. The van der Waals surface area contributed by atoms with Crippen LogP contribution in [0.3, 0.4) is 0 Å². The van der Waals surface area contributed by atoms with Gasteiger partial charge in [0.05, 0.1) is 0 Å². The second-order valence-corrected chi connectivity index (χ2v) is 5.18. The van der Waals surface area contributed by atoms with E-state index in [-0.39, 0.29) is 18.2 Å². The smallest absolute Gasteiger partial charge is 0.326 e. The van der Waals surface area contributed by atoms with Gasteiger partial charge in [0, 0.05) is 12.8 Å². The highest BCUT2D eigenvalue weighted by Crippen LogP contribution is 2.07. The average Bonchev–Trinajstić information content (AvgIpc) is 2.73. The van der Waals surface area contributed by atoms with Gasteiger partial charge in [-0.2, -0.15) is 4.98 Å². The molecule has 0 aliphatic carbocycles. The van der Waals surface area contributed by atoms with Crippen molar-refractivity contribution in [3.63, 3.8) is 0 Å². The second kappa shape index (κ2) is 7.62. The molecule has 2 N–H and O–H groups in total. The fourth-order valence-electron chi connectivity index (χ4n) is 1.80. The Bertz CT molecular complexity index is 456. The summed E-state index contributed by atoms with van der Waals surface area (Å²) in [5.74, 6) is -0.00813. The van der Waals surface area contributed by atoms with Gasteiger partial charge in [-0.25, -0.2) is 4.79 Å². The lowest BCUT2D eigenvalue weighted by atomic mass is 10.0. The van der Waals surface area contributed by atoms with Gasteiger partial charge in [-0.15, -0.1) is 0 Å². The number of carbonyl (C=O) groups is 2. The first-order chi connectivity index (χ1) is 9.38. The number of nitrogens with zero attached hydrogens (tertiary/aromatic N) is 2. The lowest BCUT2D eigenvalue weighted by Gasteiger charge is -2.16. The largest absolute Gasteiger partial charge is 0.480 e. The Hall–Kier alpha value is -1.92. The number of carboxylic acids is 1. The van der Waals surface area contributed by atoms with E-state index in [0.717, 1.165) is 0 Å². The van der Waals surface area contributed by atoms with E-state index in [1.54, 1.807) is 6.92 Å². The van der Waals surface area contributed by atoms with Crippen molar-refractivity contribution in [3.8, 4) is 0 Å². The van der Waals surface area contributed by atoms with Crippen molar-refractivity contribution in [2.45, 2.75) is 52.5 Å². The number of aromatic nitrogens is 2. The predicted molar refractivity (Wildman–Crippen MR) is 71.0 cm³/mol. The molecule has 1 unspecified atom stereocenters. The van der Waals surface area contributed by atoms with Crippen LogP contribution in [0.4, 0.5) is 0 Å². The third-order valence-electron chi connectivity index (χ3n) is 2.70. The van der Waals surface area contributed by atoms with Gasteiger partial charge in [0.1, 0.15) is 6.04 Å². The van der Waals surface area contributed by atoms with Gasteiger partial charge in [0.25, 0.3) is 0 Å². The summed E-state index contributed by atoms with van der Waals surface area (Å²) in [5, 5.41) is 15.2. The average molecular weight is 283 g/mol. The molecular formula is C13H21N3O4. The highest BCUT2D eigenvalue weighted by Gasteiger charge is 2.20. The lowest BCUT2D eigenvalue weighted by molar-refractivity contribution is -0.142. The van der Waals surface area contributed by atoms with Gasteiger partial charge in [-0.1, -0.05) is 19.0 Å². The van der Waals surface area contributed by atoms with E-state index in [1.807, 2.05) is 13.8 Å². The highest BCUT2D eigenvalue weighted by molar-refractivity contribution is 5.83. The standard InChI is InChI=1S/C13H21N3O4/c1-8(2)7-10(13(18)19)15-11(17)5-4-6-12-14-9(3)16-20-12/h8,10H,4-7H2,1-3H3,(H,15,17)(H,18,19). The van der Waals surface area contributed by atoms with Gasteiger partial charge in [-0.3, -0.25) is 4.79 Å². The normalized spacial score (nSPS) is 12.4. The third-order valence-corrected chi connectivity index (χ3v) is 2.70. The molecule has 0 fully saturated rings. The monoisotopic (exact) mass is 283 g/mol. The Morgan fingerprint density at radius 1 is 1.40 bits per heavy atom. The number of aryl methyl sites for hydroxylation is 2. The van der Waals surface area contributed by atoms with Gasteiger partial charge in [0.15, 0.2) is 5.82 Å². The first-order valence-electron chi connectivity index (χ1n) is 6.70. The number of carbonyl (C=O) groups excluding carboxylic acids is 1. The molecule has 0 saturated heterocycles. The fraction of sp³-hybridized carbons (Fsp3) is 0.692. The molecule has 1 aromatic heterocycles. The topological polar surface area (TPSA) is 105 Å². The van der Waals surface area contributed by atoms with E-state index in [0.29, 0.717) is 31.0 Å². The molecule has 0 aliphatic heterocycles. The number of carboxylic acid groups (broad SMARTS) is 1. The molecule has 0 aromatic carbocycles. The molecule has 1 atom stereocenters. The number of hydrogen-bond acceptors (Lipinski definition) is 5. The second-order valence-electron chi connectivity index (χ2n) is 5.18. The molecule has 0 saturated carbocycles. The van der Waals surface area contributed by atoms with Crippen molar-refractivity contribution >= 4 is 11.9 Å². The van der Waals surface area contributed by atoms with Crippen LogP contribution in [0, 0.1) is 12.8 Å². The van der Waals surface area contributed by atoms with Crippen molar-refractivity contribution in [2.24, 2.45) is 5.92 Å². The zero-order chi connectivity index (χ0) is 15.1. The zero-order valence-electron chi connectivity index (χ0n) is 12.0. The van der Waals surface area contributed by atoms with E-state index < -0.39 is 12.0 Å². The minimum absolute atomic E-state index is 0.206. The summed E-state index contributed by atoms with van der Waals surface area (Å²) < 4.78 is 4.93. The molecule has 1 rings (SSSR count). The van der Waals surface area contributed by atoms with Crippen LogP contribution in [0.15, 0.2) is 4.52 Å². The summed E-state index contributed by atoms with van der Waals surface area (Å²) >= 11 is 0. The number of aliphatic carboxylic acids is 1. The summed E-state index contributed by atoms with van der Waals surface area (Å²) in [6.45, 7) is 5.56. The van der Waals surface area contributed by atoms with Crippen molar-refractivity contribution in [1.82, 2.24) is 15.5 Å². The lowest BCUT2D eigenvalue weighted by Crippen LogP contribution is -2.41. The van der Waals surface area contributed by atoms with Crippen LogP contribution in [0.2, 0.25) is 0 Å². The van der Waals surface area contributed by atoms with Gasteiger partial charge < -0.3 is 14.9 Å². The Kier molecular flexibility index (Phi) is 6.14. The van der Waals surface area contributed by atoms with Crippen molar-refractivity contribution in [1.29, 1.82) is 0 Å². The van der Waals surface area contributed by atoms with E-state index in [1.165, 1.54) is 0 Å². The number of amides is 1. The molecule has 1 heterocycles. The molecule has 0 aliphatic rings. The van der Waals surface area contributed by atoms with Crippen LogP contribution >= 0.6 is 0 Å². The zero-order valence-corrected chi connectivity index (χ0v) is 12.0. The SMILES string of the molecule is Cc1noc(CCCC(=O)NC(CC(C)C)C(=O)O)n1. The van der Waals surface area contributed by atoms with Gasteiger partial charge in [-0.05, 0) is 25.7 Å². The molecule has 20 heavy (non-hydrogen) atoms. The minimum atomic E-state index is -1.00. The summed E-state index contributed by atoms with van der Waals surface area (Å²) in [4.78, 5) is 26.7. The van der Waals surface area contributed by atoms with E-state index in [2.05, 4.69) is 15.5 Å². The maximum absolute atomic E-state index is 11.7. The number of nitrogens with one attached hydrogen (secondary N) is 1. The summed E-state index contributed by atoms with van der Waals surface area (Å²) in [6, 6.07) is -0.826. The fourth-order valence-corrected chi connectivity index (χ4v) is 1.80. The van der Waals surface area contributed by atoms with Crippen molar-refractivity contribution in [3.05, 3.63) is 11.7 Å². The first kappa shape index (κ1) is 16.1. The van der Waals surface area contributed by atoms with Crippen LogP contribution in [0.1, 0.15) is 44.8 Å². The predicted octanol–water partition coefficient (Wildman–Crippen LogP) is 1.32. The Balaban J connectivity index is 2.32. The van der Waals surface area contributed by atoms with E-state index >= 15 is 0 Å². The molecule has 1 aromatic rings. The van der Waals surface area contributed by atoms with Crippen molar-refractivity contribution < 1.29 is 19.2 Å². The summed E-state index contributed by atoms with van der Waals surface area (Å²) in [6.07, 6.45) is 1.71. The number of hydrogen-bond donors (Lipinski definition) is 2. The van der Waals surface area contributed by atoms with Crippen LogP contribution in [0.25, 0.3) is 0 Å².